The summed E-state index contributed by atoms with van der Waals surface area (Å²) in [4.78, 5) is 7.10. The van der Waals surface area contributed by atoms with Crippen LogP contribution >= 0.6 is 0 Å². The molecule has 114 valence electrons. The van der Waals surface area contributed by atoms with Crippen LogP contribution < -0.4 is 5.32 Å². The van der Waals surface area contributed by atoms with Gasteiger partial charge in [-0.3, -0.25) is 4.90 Å². The highest BCUT2D eigenvalue weighted by molar-refractivity contribution is 5.09. The van der Waals surface area contributed by atoms with Crippen molar-refractivity contribution < 1.29 is 0 Å². The Morgan fingerprint density at radius 1 is 1.30 bits per heavy atom. The van der Waals surface area contributed by atoms with Crippen LogP contribution in [0.15, 0.2) is 12.5 Å². The minimum Gasteiger partial charge on any atom is -0.333 e. The van der Waals surface area contributed by atoms with E-state index < -0.39 is 0 Å². The number of rotatable bonds is 7. The number of nitrogens with one attached hydrogen (secondary N) is 1. The number of aryl methyl sites for hydroxylation is 1. The molecular weight excluding hydrogens is 248 g/mol. The lowest BCUT2D eigenvalue weighted by Gasteiger charge is -2.41. The Hall–Kier alpha value is -0.870. The highest BCUT2D eigenvalue weighted by Crippen LogP contribution is 2.35. The Balaban J connectivity index is 2.25. The molecule has 20 heavy (non-hydrogen) atoms. The molecule has 1 aliphatic heterocycles. The number of likely N-dealkylation sites (tertiary alicyclic amines) is 1. The number of nitrogens with zero attached hydrogens (tertiary/aromatic N) is 3. The van der Waals surface area contributed by atoms with E-state index in [0.29, 0.717) is 12.0 Å². The number of piperidine rings is 1. The molecule has 1 aliphatic rings. The SMILES string of the molecule is CCCN1CCCC(CNC)C1c1cncn1CCC. The van der Waals surface area contributed by atoms with Gasteiger partial charge in [0.2, 0.25) is 0 Å². The molecule has 0 amide bonds. The summed E-state index contributed by atoms with van der Waals surface area (Å²) in [6, 6.07) is 0.533. The van der Waals surface area contributed by atoms with E-state index in [-0.39, 0.29) is 0 Å². The van der Waals surface area contributed by atoms with Gasteiger partial charge >= 0.3 is 0 Å². The predicted octanol–water partition coefficient (Wildman–Crippen LogP) is 2.68. The molecule has 0 saturated carbocycles. The fraction of sp³-hybridized carbons (Fsp3) is 0.812. The van der Waals surface area contributed by atoms with E-state index in [1.165, 1.54) is 44.5 Å². The average Bonchev–Trinajstić information content (AvgIpc) is 2.88. The minimum absolute atomic E-state index is 0.533. The topological polar surface area (TPSA) is 33.1 Å². The molecule has 1 aromatic rings. The maximum Gasteiger partial charge on any atom is 0.0948 e. The van der Waals surface area contributed by atoms with Crippen LogP contribution in [0.1, 0.15) is 51.3 Å². The minimum atomic E-state index is 0.533. The monoisotopic (exact) mass is 278 g/mol. The highest BCUT2D eigenvalue weighted by atomic mass is 15.2. The van der Waals surface area contributed by atoms with Gasteiger partial charge in [0, 0.05) is 12.7 Å². The molecule has 4 heteroatoms. The summed E-state index contributed by atoms with van der Waals surface area (Å²) in [6.45, 7) is 9.13. The van der Waals surface area contributed by atoms with Crippen molar-refractivity contribution in [1.82, 2.24) is 19.8 Å². The van der Waals surface area contributed by atoms with Crippen LogP contribution in [-0.4, -0.2) is 41.1 Å². The van der Waals surface area contributed by atoms with Gasteiger partial charge in [-0.05, 0) is 58.3 Å². The van der Waals surface area contributed by atoms with E-state index in [0.717, 1.165) is 13.1 Å². The van der Waals surface area contributed by atoms with Gasteiger partial charge in [-0.1, -0.05) is 13.8 Å². The number of hydrogen-bond acceptors (Lipinski definition) is 3. The summed E-state index contributed by atoms with van der Waals surface area (Å²) >= 11 is 0. The summed E-state index contributed by atoms with van der Waals surface area (Å²) in [5, 5.41) is 3.39. The van der Waals surface area contributed by atoms with Gasteiger partial charge in [-0.25, -0.2) is 4.98 Å². The lowest BCUT2D eigenvalue weighted by molar-refractivity contribution is 0.0867. The lowest BCUT2D eigenvalue weighted by Crippen LogP contribution is -2.43. The number of hydrogen-bond donors (Lipinski definition) is 1. The van der Waals surface area contributed by atoms with Gasteiger partial charge in [-0.2, -0.15) is 0 Å². The third-order valence-corrected chi connectivity index (χ3v) is 4.35. The van der Waals surface area contributed by atoms with Gasteiger partial charge in [0.25, 0.3) is 0 Å². The van der Waals surface area contributed by atoms with Crippen molar-refractivity contribution in [2.45, 2.75) is 52.1 Å². The predicted molar refractivity (Wildman–Crippen MR) is 83.8 cm³/mol. The molecule has 1 saturated heterocycles. The van der Waals surface area contributed by atoms with Crippen molar-refractivity contribution in [3.8, 4) is 0 Å². The molecule has 0 aliphatic carbocycles. The Morgan fingerprint density at radius 2 is 2.10 bits per heavy atom. The molecular formula is C16H30N4. The van der Waals surface area contributed by atoms with Crippen molar-refractivity contribution in [2.24, 2.45) is 5.92 Å². The number of imidazole rings is 1. The maximum atomic E-state index is 4.42. The van der Waals surface area contributed by atoms with Gasteiger partial charge in [0.15, 0.2) is 0 Å². The second kappa shape index (κ2) is 7.79. The Kier molecular flexibility index (Phi) is 6.05. The van der Waals surface area contributed by atoms with Crippen molar-refractivity contribution in [2.75, 3.05) is 26.7 Å². The first kappa shape index (κ1) is 15.5. The van der Waals surface area contributed by atoms with E-state index in [1.807, 2.05) is 6.33 Å². The summed E-state index contributed by atoms with van der Waals surface area (Å²) < 4.78 is 2.36. The van der Waals surface area contributed by atoms with E-state index in [4.69, 9.17) is 0 Å². The van der Waals surface area contributed by atoms with Gasteiger partial charge in [0.1, 0.15) is 0 Å². The first-order valence-corrected chi connectivity index (χ1v) is 8.20. The molecule has 2 heterocycles. The maximum absolute atomic E-state index is 4.42. The fourth-order valence-electron chi connectivity index (χ4n) is 3.60. The second-order valence-electron chi connectivity index (χ2n) is 5.95. The van der Waals surface area contributed by atoms with E-state index in [1.54, 1.807) is 0 Å². The highest BCUT2D eigenvalue weighted by Gasteiger charge is 2.33. The third-order valence-electron chi connectivity index (χ3n) is 4.35. The molecule has 1 aromatic heterocycles. The zero-order chi connectivity index (χ0) is 14.4. The third kappa shape index (κ3) is 3.41. The largest absolute Gasteiger partial charge is 0.333 e. The van der Waals surface area contributed by atoms with Crippen LogP contribution in [0.4, 0.5) is 0 Å². The molecule has 2 rings (SSSR count). The van der Waals surface area contributed by atoms with E-state index >= 15 is 0 Å². The standard InChI is InChI=1S/C16H30N4/c1-4-8-19-10-6-7-14(11-17-3)16(19)15-12-18-13-20(15)9-5-2/h12-14,16-17H,4-11H2,1-3H3. The first-order valence-electron chi connectivity index (χ1n) is 8.20. The van der Waals surface area contributed by atoms with Gasteiger partial charge < -0.3 is 9.88 Å². The smallest absolute Gasteiger partial charge is 0.0948 e. The summed E-state index contributed by atoms with van der Waals surface area (Å²) in [7, 11) is 2.07. The van der Waals surface area contributed by atoms with Gasteiger partial charge in [0.05, 0.1) is 18.1 Å². The van der Waals surface area contributed by atoms with Crippen LogP contribution in [0.3, 0.4) is 0 Å². The molecule has 1 fully saturated rings. The normalized spacial score (nSPS) is 24.1. The molecule has 0 aromatic carbocycles. The van der Waals surface area contributed by atoms with E-state index in [2.05, 4.69) is 46.9 Å². The fourth-order valence-corrected chi connectivity index (χ4v) is 3.60. The van der Waals surface area contributed by atoms with E-state index in [9.17, 15) is 0 Å². The quantitative estimate of drug-likeness (QED) is 0.832. The Labute approximate surface area is 123 Å². The Bertz CT molecular complexity index is 370. The van der Waals surface area contributed by atoms with Crippen LogP contribution in [0.2, 0.25) is 0 Å². The molecule has 0 spiro atoms. The lowest BCUT2D eigenvalue weighted by atomic mass is 9.86. The van der Waals surface area contributed by atoms with Crippen molar-refractivity contribution >= 4 is 0 Å². The van der Waals surface area contributed by atoms with Crippen LogP contribution in [0.25, 0.3) is 0 Å². The molecule has 1 N–H and O–H groups in total. The van der Waals surface area contributed by atoms with Crippen LogP contribution in [0, 0.1) is 5.92 Å². The average molecular weight is 278 g/mol. The van der Waals surface area contributed by atoms with Crippen molar-refractivity contribution in [1.29, 1.82) is 0 Å². The van der Waals surface area contributed by atoms with Crippen molar-refractivity contribution in [3.05, 3.63) is 18.2 Å². The zero-order valence-electron chi connectivity index (χ0n) is 13.3. The molecule has 0 radical (unpaired) electrons. The van der Waals surface area contributed by atoms with Crippen LogP contribution in [-0.2, 0) is 6.54 Å². The summed E-state index contributed by atoms with van der Waals surface area (Å²) in [6.07, 6.45) is 9.14. The number of aromatic nitrogens is 2. The first-order chi connectivity index (χ1) is 9.81. The molecule has 2 atom stereocenters. The molecule has 0 bridgehead atoms. The second-order valence-corrected chi connectivity index (χ2v) is 5.95. The zero-order valence-corrected chi connectivity index (χ0v) is 13.3. The summed E-state index contributed by atoms with van der Waals surface area (Å²) in [5.41, 5.74) is 1.42. The van der Waals surface area contributed by atoms with Crippen molar-refractivity contribution in [3.63, 3.8) is 0 Å². The van der Waals surface area contributed by atoms with Gasteiger partial charge in [-0.15, -0.1) is 0 Å². The molecule has 4 nitrogen and oxygen atoms in total. The Morgan fingerprint density at radius 3 is 2.80 bits per heavy atom. The van der Waals surface area contributed by atoms with Crippen LogP contribution in [0.5, 0.6) is 0 Å². The summed E-state index contributed by atoms with van der Waals surface area (Å²) in [5.74, 6) is 0.701. The molecule has 2 unspecified atom stereocenters.